The normalized spacial score (nSPS) is 10.8. The Bertz CT molecular complexity index is 855. The van der Waals surface area contributed by atoms with Crippen LogP contribution < -0.4 is 10.1 Å². The first-order valence-corrected chi connectivity index (χ1v) is 8.12. The summed E-state index contributed by atoms with van der Waals surface area (Å²) in [6.45, 7) is 4.79. The van der Waals surface area contributed by atoms with Gasteiger partial charge < -0.3 is 15.0 Å². The lowest BCUT2D eigenvalue weighted by molar-refractivity contribution is 0.0949. The van der Waals surface area contributed by atoms with E-state index in [2.05, 4.69) is 21.4 Å². The molecule has 124 valence electrons. The third-order valence-electron chi connectivity index (χ3n) is 3.88. The van der Waals surface area contributed by atoms with Crippen molar-refractivity contribution in [3.05, 3.63) is 59.4 Å². The van der Waals surface area contributed by atoms with Crippen molar-refractivity contribution < 1.29 is 9.53 Å². The molecule has 0 aliphatic carbocycles. The molecule has 0 saturated heterocycles. The minimum Gasteiger partial charge on any atom is -0.477 e. The molecule has 2 N–H and O–H groups in total. The van der Waals surface area contributed by atoms with Crippen LogP contribution in [0.1, 0.15) is 28.5 Å². The molecule has 2 aromatic heterocycles. The zero-order chi connectivity index (χ0) is 16.9. The smallest absolute Gasteiger partial charge is 0.256 e. The van der Waals surface area contributed by atoms with Gasteiger partial charge in [-0.1, -0.05) is 18.2 Å². The second-order valence-electron chi connectivity index (χ2n) is 5.60. The fraction of sp³-hybridized carbons (Fsp3) is 0.263. The minimum absolute atomic E-state index is 0.161. The highest BCUT2D eigenvalue weighted by Crippen LogP contribution is 2.18. The van der Waals surface area contributed by atoms with Gasteiger partial charge >= 0.3 is 0 Å². The number of H-pyrrole nitrogens is 1. The quantitative estimate of drug-likeness (QED) is 0.732. The first-order chi connectivity index (χ1) is 11.7. The van der Waals surface area contributed by atoms with Crippen LogP contribution in [0.15, 0.2) is 42.6 Å². The van der Waals surface area contributed by atoms with Gasteiger partial charge in [-0.2, -0.15) is 0 Å². The second-order valence-corrected chi connectivity index (χ2v) is 5.60. The van der Waals surface area contributed by atoms with Gasteiger partial charge in [-0.15, -0.1) is 0 Å². The Morgan fingerprint density at radius 1 is 1.25 bits per heavy atom. The predicted octanol–water partition coefficient (Wildman–Crippen LogP) is 3.24. The SMILES string of the molecule is CCOc1nc(C)ccc1C(=O)NCCc1c[nH]c2ccccc12. The van der Waals surface area contributed by atoms with Gasteiger partial charge in [0.2, 0.25) is 5.88 Å². The number of aromatic amines is 1. The molecule has 0 atom stereocenters. The Balaban J connectivity index is 1.66. The van der Waals surface area contributed by atoms with Crippen LogP contribution in [0, 0.1) is 6.92 Å². The molecular formula is C19H21N3O2. The molecule has 0 bridgehead atoms. The lowest BCUT2D eigenvalue weighted by Gasteiger charge is -2.10. The number of fused-ring (bicyclic) bond motifs is 1. The zero-order valence-electron chi connectivity index (χ0n) is 13.9. The first kappa shape index (κ1) is 16.1. The predicted molar refractivity (Wildman–Crippen MR) is 94.5 cm³/mol. The van der Waals surface area contributed by atoms with E-state index in [1.54, 1.807) is 6.07 Å². The van der Waals surface area contributed by atoms with E-state index in [1.807, 2.05) is 44.3 Å². The fourth-order valence-corrected chi connectivity index (χ4v) is 2.70. The lowest BCUT2D eigenvalue weighted by Crippen LogP contribution is -2.26. The molecular weight excluding hydrogens is 302 g/mol. The number of nitrogens with one attached hydrogen (secondary N) is 2. The summed E-state index contributed by atoms with van der Waals surface area (Å²) in [6.07, 6.45) is 2.76. The lowest BCUT2D eigenvalue weighted by atomic mass is 10.1. The summed E-state index contributed by atoms with van der Waals surface area (Å²) < 4.78 is 5.47. The van der Waals surface area contributed by atoms with Crippen molar-refractivity contribution in [2.45, 2.75) is 20.3 Å². The van der Waals surface area contributed by atoms with Crippen molar-refractivity contribution in [3.63, 3.8) is 0 Å². The summed E-state index contributed by atoms with van der Waals surface area (Å²) in [7, 11) is 0. The monoisotopic (exact) mass is 323 g/mol. The van der Waals surface area contributed by atoms with E-state index in [-0.39, 0.29) is 5.91 Å². The highest BCUT2D eigenvalue weighted by molar-refractivity contribution is 5.96. The number of ether oxygens (including phenoxy) is 1. The van der Waals surface area contributed by atoms with Crippen molar-refractivity contribution in [3.8, 4) is 5.88 Å². The molecule has 24 heavy (non-hydrogen) atoms. The number of carbonyl (C=O) groups is 1. The van der Waals surface area contributed by atoms with Crippen LogP contribution in [0.5, 0.6) is 5.88 Å². The third kappa shape index (κ3) is 3.40. The number of aryl methyl sites for hydroxylation is 1. The molecule has 5 nitrogen and oxygen atoms in total. The average molecular weight is 323 g/mol. The molecule has 0 fully saturated rings. The Hall–Kier alpha value is -2.82. The number of rotatable bonds is 6. The van der Waals surface area contributed by atoms with Crippen LogP contribution in [-0.4, -0.2) is 29.0 Å². The maximum atomic E-state index is 12.4. The van der Waals surface area contributed by atoms with Crippen LogP contribution in [0.2, 0.25) is 0 Å². The molecule has 0 saturated carbocycles. The number of aromatic nitrogens is 2. The molecule has 0 unspecified atom stereocenters. The minimum atomic E-state index is -0.161. The molecule has 0 spiro atoms. The van der Waals surface area contributed by atoms with E-state index in [1.165, 1.54) is 10.9 Å². The fourth-order valence-electron chi connectivity index (χ4n) is 2.70. The summed E-state index contributed by atoms with van der Waals surface area (Å²) in [5, 5.41) is 4.14. The number of carbonyl (C=O) groups excluding carboxylic acids is 1. The summed E-state index contributed by atoms with van der Waals surface area (Å²) in [5.74, 6) is 0.230. The summed E-state index contributed by atoms with van der Waals surface area (Å²) >= 11 is 0. The number of para-hydroxylation sites is 1. The molecule has 2 heterocycles. The molecule has 1 amide bonds. The molecule has 5 heteroatoms. The van der Waals surface area contributed by atoms with Gasteiger partial charge in [-0.05, 0) is 44.0 Å². The van der Waals surface area contributed by atoms with Crippen molar-refractivity contribution >= 4 is 16.8 Å². The molecule has 0 radical (unpaired) electrons. The maximum absolute atomic E-state index is 12.4. The van der Waals surface area contributed by atoms with E-state index in [0.29, 0.717) is 24.6 Å². The number of benzene rings is 1. The number of hydrogen-bond donors (Lipinski definition) is 2. The Morgan fingerprint density at radius 3 is 2.92 bits per heavy atom. The molecule has 0 aliphatic rings. The first-order valence-electron chi connectivity index (χ1n) is 8.12. The number of hydrogen-bond acceptors (Lipinski definition) is 3. The Labute approximate surface area is 141 Å². The van der Waals surface area contributed by atoms with Crippen molar-refractivity contribution in [2.75, 3.05) is 13.2 Å². The second kappa shape index (κ2) is 7.17. The largest absolute Gasteiger partial charge is 0.477 e. The summed E-state index contributed by atoms with van der Waals surface area (Å²) in [4.78, 5) is 19.9. The van der Waals surface area contributed by atoms with Crippen LogP contribution in [0.25, 0.3) is 10.9 Å². The average Bonchev–Trinajstić information content (AvgIpc) is 2.99. The van der Waals surface area contributed by atoms with Gasteiger partial charge in [-0.3, -0.25) is 4.79 Å². The van der Waals surface area contributed by atoms with Gasteiger partial charge in [0.1, 0.15) is 5.56 Å². The molecule has 0 aliphatic heterocycles. The Morgan fingerprint density at radius 2 is 2.08 bits per heavy atom. The maximum Gasteiger partial charge on any atom is 0.256 e. The number of nitrogens with zero attached hydrogens (tertiary/aromatic N) is 1. The highest BCUT2D eigenvalue weighted by Gasteiger charge is 2.14. The van der Waals surface area contributed by atoms with E-state index >= 15 is 0 Å². The Kier molecular flexibility index (Phi) is 4.79. The highest BCUT2D eigenvalue weighted by atomic mass is 16.5. The van der Waals surface area contributed by atoms with E-state index in [9.17, 15) is 4.79 Å². The number of pyridine rings is 1. The van der Waals surface area contributed by atoms with Gasteiger partial charge in [0, 0.05) is 29.3 Å². The molecule has 3 aromatic rings. The standard InChI is InChI=1S/C19H21N3O2/c1-3-24-19-16(9-8-13(2)22-19)18(23)20-11-10-14-12-21-17-7-5-4-6-15(14)17/h4-9,12,21H,3,10-11H2,1-2H3,(H,20,23). The van der Waals surface area contributed by atoms with Crippen LogP contribution >= 0.6 is 0 Å². The van der Waals surface area contributed by atoms with Gasteiger partial charge in [0.15, 0.2) is 0 Å². The van der Waals surface area contributed by atoms with Gasteiger partial charge in [0.25, 0.3) is 5.91 Å². The summed E-state index contributed by atoms with van der Waals surface area (Å²) in [6, 6.07) is 11.7. The molecule has 1 aromatic carbocycles. The topological polar surface area (TPSA) is 67.0 Å². The van der Waals surface area contributed by atoms with E-state index in [4.69, 9.17) is 4.74 Å². The van der Waals surface area contributed by atoms with Crippen molar-refractivity contribution in [1.29, 1.82) is 0 Å². The zero-order valence-corrected chi connectivity index (χ0v) is 13.9. The number of amides is 1. The van der Waals surface area contributed by atoms with Crippen LogP contribution in [0.4, 0.5) is 0 Å². The van der Waals surface area contributed by atoms with E-state index in [0.717, 1.165) is 17.6 Å². The van der Waals surface area contributed by atoms with Crippen LogP contribution in [-0.2, 0) is 6.42 Å². The van der Waals surface area contributed by atoms with Gasteiger partial charge in [-0.25, -0.2) is 4.98 Å². The van der Waals surface area contributed by atoms with Crippen molar-refractivity contribution in [1.82, 2.24) is 15.3 Å². The van der Waals surface area contributed by atoms with Crippen LogP contribution in [0.3, 0.4) is 0 Å². The summed E-state index contributed by atoms with van der Waals surface area (Å²) in [5.41, 5.74) is 3.60. The van der Waals surface area contributed by atoms with Gasteiger partial charge in [0.05, 0.1) is 6.61 Å². The van der Waals surface area contributed by atoms with Crippen molar-refractivity contribution in [2.24, 2.45) is 0 Å². The molecule has 3 rings (SSSR count). The van der Waals surface area contributed by atoms with E-state index < -0.39 is 0 Å². The third-order valence-corrected chi connectivity index (χ3v) is 3.88.